The Hall–Kier alpha value is -3.10. The summed E-state index contributed by atoms with van der Waals surface area (Å²) < 4.78 is 46.7. The van der Waals surface area contributed by atoms with Crippen LogP contribution >= 0.6 is 0 Å². The van der Waals surface area contributed by atoms with E-state index < -0.39 is 18.5 Å². The molecule has 1 fully saturated rings. The van der Waals surface area contributed by atoms with E-state index in [1.54, 1.807) is 40.2 Å². The molecule has 4 rings (SSSR count). The lowest BCUT2D eigenvalue weighted by Gasteiger charge is -2.38. The highest BCUT2D eigenvalue weighted by Crippen LogP contribution is 2.28. The largest absolute Gasteiger partial charge is 0.470 e. The molecular weight excluding hydrogens is 397 g/mol. The summed E-state index contributed by atoms with van der Waals surface area (Å²) in [6.45, 7) is 2.16. The second-order valence-electron chi connectivity index (χ2n) is 7.46. The number of amides is 1. The number of imidazole rings is 1. The molecule has 1 aliphatic rings. The second kappa shape index (κ2) is 7.97. The summed E-state index contributed by atoms with van der Waals surface area (Å²) in [6.07, 6.45) is 2.31. The maximum atomic E-state index is 13.2. The van der Waals surface area contributed by atoms with Crippen molar-refractivity contribution >= 4 is 11.6 Å². The van der Waals surface area contributed by atoms with E-state index in [1.807, 2.05) is 6.92 Å². The number of carbonyl (C=O) groups excluding carboxylic acids is 1. The first kappa shape index (κ1) is 20.2. The molecule has 0 bridgehead atoms. The standard InChI is InChI=1S/C21H21F3N4O2/c1-14-6-7-16(30-19-18-25-8-10-27(18)11-9-26-19)13-28(14)20(29)17-5-3-2-4-15(17)12-21(22,23)24/h2-5,8-11,14,16H,6-7,12-13H2,1H3/t14-,16-/m1/s1. The Morgan fingerprint density at radius 3 is 2.67 bits per heavy atom. The molecule has 3 aromatic rings. The minimum Gasteiger partial charge on any atom is -0.470 e. The number of alkyl halides is 3. The second-order valence-corrected chi connectivity index (χ2v) is 7.46. The number of carbonyl (C=O) groups is 1. The molecule has 158 valence electrons. The maximum absolute atomic E-state index is 13.2. The van der Waals surface area contributed by atoms with Gasteiger partial charge in [0.15, 0.2) is 5.65 Å². The summed E-state index contributed by atoms with van der Waals surface area (Å²) >= 11 is 0. The fraction of sp³-hybridized carbons (Fsp3) is 0.381. The summed E-state index contributed by atoms with van der Waals surface area (Å²) in [4.78, 5) is 23.2. The lowest BCUT2D eigenvalue weighted by Crippen LogP contribution is -2.49. The van der Waals surface area contributed by atoms with E-state index in [0.717, 1.165) is 0 Å². The van der Waals surface area contributed by atoms with Crippen molar-refractivity contribution in [1.82, 2.24) is 19.3 Å². The first-order valence-corrected chi connectivity index (χ1v) is 9.72. The van der Waals surface area contributed by atoms with Gasteiger partial charge in [-0.1, -0.05) is 18.2 Å². The molecule has 1 aromatic carbocycles. The number of likely N-dealkylation sites (tertiary alicyclic amines) is 1. The number of benzene rings is 1. The van der Waals surface area contributed by atoms with Crippen LogP contribution in [0.5, 0.6) is 5.88 Å². The Morgan fingerprint density at radius 1 is 1.17 bits per heavy atom. The van der Waals surface area contributed by atoms with Gasteiger partial charge < -0.3 is 14.0 Å². The Bertz CT molecular complexity index is 1050. The van der Waals surface area contributed by atoms with Crippen LogP contribution in [0.3, 0.4) is 0 Å². The summed E-state index contributed by atoms with van der Waals surface area (Å²) in [6, 6.07) is 5.80. The lowest BCUT2D eigenvalue weighted by molar-refractivity contribution is -0.127. The predicted octanol–water partition coefficient (Wildman–Crippen LogP) is 3.91. The molecule has 1 amide bonds. The number of hydrogen-bond acceptors (Lipinski definition) is 4. The number of nitrogens with zero attached hydrogens (tertiary/aromatic N) is 4. The summed E-state index contributed by atoms with van der Waals surface area (Å²) in [5, 5.41) is 0. The Kier molecular flexibility index (Phi) is 5.36. The van der Waals surface area contributed by atoms with E-state index in [1.165, 1.54) is 18.2 Å². The molecule has 6 nitrogen and oxygen atoms in total. The van der Waals surface area contributed by atoms with Crippen LogP contribution in [0.1, 0.15) is 35.7 Å². The van der Waals surface area contributed by atoms with Gasteiger partial charge in [0.05, 0.1) is 13.0 Å². The van der Waals surface area contributed by atoms with Gasteiger partial charge in [0, 0.05) is 36.4 Å². The quantitative estimate of drug-likeness (QED) is 0.645. The number of piperidine rings is 1. The third-order valence-corrected chi connectivity index (χ3v) is 5.30. The van der Waals surface area contributed by atoms with Crippen molar-refractivity contribution in [1.29, 1.82) is 0 Å². The van der Waals surface area contributed by atoms with Crippen LogP contribution in [0, 0.1) is 0 Å². The monoisotopic (exact) mass is 418 g/mol. The Labute approximate surface area is 171 Å². The van der Waals surface area contributed by atoms with Crippen molar-refractivity contribution in [3.05, 3.63) is 60.2 Å². The van der Waals surface area contributed by atoms with Crippen LogP contribution < -0.4 is 4.74 Å². The third kappa shape index (κ3) is 4.24. The van der Waals surface area contributed by atoms with Crippen LogP contribution in [0.25, 0.3) is 5.65 Å². The number of ether oxygens (including phenoxy) is 1. The van der Waals surface area contributed by atoms with Gasteiger partial charge >= 0.3 is 6.18 Å². The van der Waals surface area contributed by atoms with E-state index >= 15 is 0 Å². The summed E-state index contributed by atoms with van der Waals surface area (Å²) in [7, 11) is 0. The Morgan fingerprint density at radius 2 is 1.90 bits per heavy atom. The number of rotatable bonds is 4. The van der Waals surface area contributed by atoms with E-state index in [9.17, 15) is 18.0 Å². The Balaban J connectivity index is 1.54. The van der Waals surface area contributed by atoms with Crippen LogP contribution in [-0.2, 0) is 6.42 Å². The van der Waals surface area contributed by atoms with Crippen LogP contribution in [0.15, 0.2) is 49.1 Å². The van der Waals surface area contributed by atoms with Gasteiger partial charge in [-0.3, -0.25) is 4.79 Å². The topological polar surface area (TPSA) is 59.7 Å². The molecule has 30 heavy (non-hydrogen) atoms. The molecule has 2 aromatic heterocycles. The van der Waals surface area contributed by atoms with Gasteiger partial charge in [-0.05, 0) is 31.4 Å². The van der Waals surface area contributed by atoms with Crippen LogP contribution in [0.2, 0.25) is 0 Å². The molecule has 9 heteroatoms. The SMILES string of the molecule is C[C@@H]1CC[C@@H](Oc2nccn3ccnc23)CN1C(=O)c1ccccc1CC(F)(F)F. The molecule has 0 aliphatic carbocycles. The zero-order valence-electron chi connectivity index (χ0n) is 16.3. The number of hydrogen-bond donors (Lipinski definition) is 0. The zero-order valence-corrected chi connectivity index (χ0v) is 16.3. The van der Waals surface area contributed by atoms with E-state index in [-0.39, 0.29) is 29.8 Å². The van der Waals surface area contributed by atoms with Crippen molar-refractivity contribution in [2.24, 2.45) is 0 Å². The minimum atomic E-state index is -4.38. The summed E-state index contributed by atoms with van der Waals surface area (Å²) in [5.74, 6) is -0.0467. The van der Waals surface area contributed by atoms with Crippen molar-refractivity contribution < 1.29 is 22.7 Å². The number of aromatic nitrogens is 3. The highest BCUT2D eigenvalue weighted by atomic mass is 19.4. The fourth-order valence-electron chi connectivity index (χ4n) is 3.78. The van der Waals surface area contributed by atoms with Gasteiger partial charge in [0.25, 0.3) is 11.8 Å². The van der Waals surface area contributed by atoms with E-state index in [4.69, 9.17) is 4.74 Å². The molecule has 1 aliphatic heterocycles. The first-order chi connectivity index (χ1) is 14.3. The van der Waals surface area contributed by atoms with Gasteiger partial charge in [0.2, 0.25) is 0 Å². The van der Waals surface area contributed by atoms with Crippen molar-refractivity contribution in [2.75, 3.05) is 6.54 Å². The molecule has 1 saturated heterocycles. The molecule has 2 atom stereocenters. The van der Waals surface area contributed by atoms with Crippen LogP contribution in [-0.4, -0.2) is 50.0 Å². The maximum Gasteiger partial charge on any atom is 0.393 e. The minimum absolute atomic E-state index is 0.0194. The molecule has 0 unspecified atom stereocenters. The van der Waals surface area contributed by atoms with Gasteiger partial charge in [-0.25, -0.2) is 9.97 Å². The van der Waals surface area contributed by atoms with Gasteiger partial charge in [-0.2, -0.15) is 13.2 Å². The van der Waals surface area contributed by atoms with E-state index in [2.05, 4.69) is 9.97 Å². The molecule has 0 spiro atoms. The average molecular weight is 418 g/mol. The number of halogens is 3. The van der Waals surface area contributed by atoms with Gasteiger partial charge in [-0.15, -0.1) is 0 Å². The zero-order chi connectivity index (χ0) is 21.3. The molecule has 3 heterocycles. The molecular formula is C21H21F3N4O2. The van der Waals surface area contributed by atoms with Crippen molar-refractivity contribution in [3.63, 3.8) is 0 Å². The highest BCUT2D eigenvalue weighted by Gasteiger charge is 2.34. The molecule has 0 saturated carbocycles. The normalized spacial score (nSPS) is 19.8. The average Bonchev–Trinajstić information content (AvgIpc) is 3.18. The molecule has 0 radical (unpaired) electrons. The third-order valence-electron chi connectivity index (χ3n) is 5.30. The lowest BCUT2D eigenvalue weighted by atomic mass is 9.97. The van der Waals surface area contributed by atoms with E-state index in [0.29, 0.717) is 24.4 Å². The molecule has 0 N–H and O–H groups in total. The van der Waals surface area contributed by atoms with Gasteiger partial charge in [0.1, 0.15) is 6.10 Å². The van der Waals surface area contributed by atoms with Crippen molar-refractivity contribution in [2.45, 2.75) is 44.5 Å². The first-order valence-electron chi connectivity index (χ1n) is 9.72. The highest BCUT2D eigenvalue weighted by molar-refractivity contribution is 5.96. The number of fused-ring (bicyclic) bond motifs is 1. The predicted molar refractivity (Wildman–Crippen MR) is 103 cm³/mol. The fourth-order valence-corrected chi connectivity index (χ4v) is 3.78. The van der Waals surface area contributed by atoms with Crippen molar-refractivity contribution in [3.8, 4) is 5.88 Å². The summed E-state index contributed by atoms with van der Waals surface area (Å²) in [5.41, 5.74) is 0.634. The van der Waals surface area contributed by atoms with Crippen LogP contribution in [0.4, 0.5) is 13.2 Å². The smallest absolute Gasteiger partial charge is 0.393 e.